The summed E-state index contributed by atoms with van der Waals surface area (Å²) in [5.41, 5.74) is 5.05. The van der Waals surface area contributed by atoms with Crippen molar-refractivity contribution in [2.45, 2.75) is 19.4 Å². The lowest BCUT2D eigenvalue weighted by Crippen LogP contribution is -2.15. The summed E-state index contributed by atoms with van der Waals surface area (Å²) in [4.78, 5) is 29.7. The number of aryl methyl sites for hydroxylation is 1. The molecule has 0 saturated carbocycles. The molecule has 6 aromatic rings. The zero-order chi connectivity index (χ0) is 34.4. The molecule has 10 heteroatoms. The predicted octanol–water partition coefficient (Wildman–Crippen LogP) is 8.14. The van der Waals surface area contributed by atoms with Crippen LogP contribution in [0, 0.1) is 5.82 Å². The van der Waals surface area contributed by atoms with E-state index in [4.69, 9.17) is 13.8 Å². The van der Waals surface area contributed by atoms with Crippen molar-refractivity contribution in [1.29, 1.82) is 0 Å². The van der Waals surface area contributed by atoms with E-state index in [1.165, 1.54) is 38.5 Å². The summed E-state index contributed by atoms with van der Waals surface area (Å²) >= 11 is 0. The molecule has 0 bridgehead atoms. The Morgan fingerprint density at radius 1 is 0.796 bits per heavy atom. The summed E-state index contributed by atoms with van der Waals surface area (Å²) in [5, 5.41) is 0.428. The van der Waals surface area contributed by atoms with Gasteiger partial charge in [-0.1, -0.05) is 66.7 Å². The van der Waals surface area contributed by atoms with Crippen molar-refractivity contribution < 1.29 is 27.5 Å². The minimum Gasteiger partial charge on any atom is -0.488 e. The van der Waals surface area contributed by atoms with Crippen molar-refractivity contribution in [1.82, 2.24) is 9.55 Å². The summed E-state index contributed by atoms with van der Waals surface area (Å²) in [6, 6.07) is 37.2. The van der Waals surface area contributed by atoms with Crippen molar-refractivity contribution >= 4 is 18.7 Å². The van der Waals surface area contributed by atoms with Gasteiger partial charge in [-0.15, -0.1) is 0 Å². The lowest BCUT2D eigenvalue weighted by atomic mass is 9.98. The number of carbonyl (C=O) groups excluding carboxylic acids is 1. The van der Waals surface area contributed by atoms with Crippen molar-refractivity contribution in [3.05, 3.63) is 161 Å². The van der Waals surface area contributed by atoms with E-state index in [1.54, 1.807) is 16.7 Å². The summed E-state index contributed by atoms with van der Waals surface area (Å²) in [7, 11) is -0.735. The predicted molar refractivity (Wildman–Crippen MR) is 188 cm³/mol. The average Bonchev–Trinajstić information content (AvgIpc) is 3.48. The summed E-state index contributed by atoms with van der Waals surface area (Å²) in [6.45, 7) is 0.263. The third kappa shape index (κ3) is 7.39. The fourth-order valence-corrected chi connectivity index (χ4v) is 6.75. The number of rotatable bonds is 13. The van der Waals surface area contributed by atoms with Crippen molar-refractivity contribution in [3.63, 3.8) is 0 Å². The van der Waals surface area contributed by atoms with E-state index >= 15 is 0 Å². The van der Waals surface area contributed by atoms with Gasteiger partial charge in [0.05, 0.1) is 16.7 Å². The topological polar surface area (TPSA) is 99.6 Å². The standard InChI is InChI=1S/C39H34FN2O6P/c1-46-49(45,47-2)33-20-15-28(16-21-33)30-17-22-34(37(25-30)48-26-27-9-5-3-6-10-27)38-35(23-24-36(43)29-13-18-31(40)19-14-29)41-39(44)42(38)32-11-7-4-8-12-32/h3-22,25H,23-24,26H2,1-2H3,(H,41,44). The number of hydrogen-bond acceptors (Lipinski definition) is 6. The Kier molecular flexibility index (Phi) is 10.2. The second kappa shape index (κ2) is 14.8. The highest BCUT2D eigenvalue weighted by Gasteiger charge is 2.25. The molecule has 0 amide bonds. The molecule has 1 N–H and O–H groups in total. The lowest BCUT2D eigenvalue weighted by Gasteiger charge is -2.17. The summed E-state index contributed by atoms with van der Waals surface area (Å²) < 4.78 is 44.8. The van der Waals surface area contributed by atoms with Gasteiger partial charge in [-0.2, -0.15) is 0 Å². The minimum atomic E-state index is -3.42. The van der Waals surface area contributed by atoms with Crippen LogP contribution in [0.25, 0.3) is 28.1 Å². The first kappa shape index (κ1) is 33.6. The molecule has 8 nitrogen and oxygen atoms in total. The molecule has 1 heterocycles. The van der Waals surface area contributed by atoms with Crippen LogP contribution in [-0.4, -0.2) is 29.6 Å². The lowest BCUT2D eigenvalue weighted by molar-refractivity contribution is 0.0982. The molecule has 0 saturated heterocycles. The van der Waals surface area contributed by atoms with E-state index in [1.807, 2.05) is 91.0 Å². The zero-order valence-electron chi connectivity index (χ0n) is 27.0. The van der Waals surface area contributed by atoms with Crippen LogP contribution < -0.4 is 15.7 Å². The van der Waals surface area contributed by atoms with Gasteiger partial charge in [-0.25, -0.2) is 9.18 Å². The van der Waals surface area contributed by atoms with E-state index in [9.17, 15) is 18.5 Å². The van der Waals surface area contributed by atoms with Gasteiger partial charge < -0.3 is 18.8 Å². The molecule has 0 aliphatic rings. The number of ketones is 1. The van der Waals surface area contributed by atoms with Crippen LogP contribution in [0.3, 0.4) is 0 Å². The van der Waals surface area contributed by atoms with Crippen LogP contribution in [0.15, 0.2) is 132 Å². The van der Waals surface area contributed by atoms with Gasteiger partial charge in [0.1, 0.15) is 18.2 Å². The molecule has 6 rings (SSSR count). The zero-order valence-corrected chi connectivity index (χ0v) is 27.9. The maximum atomic E-state index is 13.6. The minimum absolute atomic E-state index is 0.0881. The average molecular weight is 677 g/mol. The summed E-state index contributed by atoms with van der Waals surface area (Å²) in [6.07, 6.45) is 0.311. The number of benzene rings is 5. The van der Waals surface area contributed by atoms with Crippen LogP contribution >= 0.6 is 7.60 Å². The number of ether oxygens (including phenoxy) is 1. The van der Waals surface area contributed by atoms with Gasteiger partial charge in [0.25, 0.3) is 0 Å². The molecule has 0 aliphatic carbocycles. The van der Waals surface area contributed by atoms with E-state index in [0.29, 0.717) is 39.3 Å². The molecule has 49 heavy (non-hydrogen) atoms. The Balaban J connectivity index is 1.45. The Hall–Kier alpha value is -5.34. The molecular weight excluding hydrogens is 642 g/mol. The Labute approximate surface area is 283 Å². The third-order valence-electron chi connectivity index (χ3n) is 8.22. The van der Waals surface area contributed by atoms with Gasteiger partial charge in [0.15, 0.2) is 5.78 Å². The SMILES string of the molecule is COP(=O)(OC)c1ccc(-c2ccc(-c3c(CCC(=O)c4ccc(F)cc4)[nH]c(=O)n3-c3ccccc3)c(OCc3ccccc3)c2)cc1. The first-order valence-corrected chi connectivity index (χ1v) is 17.2. The maximum absolute atomic E-state index is 13.6. The van der Waals surface area contributed by atoms with Gasteiger partial charge in [-0.3, -0.25) is 13.9 Å². The molecule has 1 aromatic heterocycles. The normalized spacial score (nSPS) is 11.4. The maximum Gasteiger partial charge on any atom is 0.360 e. The van der Waals surface area contributed by atoms with E-state index in [2.05, 4.69) is 4.98 Å². The van der Waals surface area contributed by atoms with E-state index in [0.717, 1.165) is 16.7 Å². The van der Waals surface area contributed by atoms with E-state index in [-0.39, 0.29) is 30.9 Å². The highest BCUT2D eigenvalue weighted by atomic mass is 31.2. The molecule has 0 fully saturated rings. The Bertz CT molecular complexity index is 2150. The smallest absolute Gasteiger partial charge is 0.360 e. The number of Topliss-reactive ketones (excluding diaryl/α,β-unsaturated/α-hetero) is 1. The summed E-state index contributed by atoms with van der Waals surface area (Å²) in [5.74, 6) is -0.0831. The fourth-order valence-electron chi connectivity index (χ4n) is 5.66. The molecule has 0 aliphatic heterocycles. The number of hydrogen-bond donors (Lipinski definition) is 1. The first-order chi connectivity index (χ1) is 23.8. The number of nitrogens with one attached hydrogen (secondary N) is 1. The van der Waals surface area contributed by atoms with Crippen molar-refractivity contribution in [3.8, 4) is 33.8 Å². The van der Waals surface area contributed by atoms with Gasteiger partial charge in [0.2, 0.25) is 0 Å². The second-order valence-electron chi connectivity index (χ2n) is 11.3. The van der Waals surface area contributed by atoms with E-state index < -0.39 is 13.4 Å². The number of aromatic amines is 1. The molecule has 0 unspecified atom stereocenters. The van der Waals surface area contributed by atoms with Crippen LogP contribution in [0.1, 0.15) is 28.0 Å². The molecule has 0 atom stereocenters. The number of halogens is 1. The Morgan fingerprint density at radius 2 is 1.43 bits per heavy atom. The van der Waals surface area contributed by atoms with Crippen LogP contribution in [0.2, 0.25) is 0 Å². The molecular formula is C39H34FN2O6P. The van der Waals surface area contributed by atoms with Crippen LogP contribution in [-0.2, 0) is 26.6 Å². The monoisotopic (exact) mass is 676 g/mol. The molecule has 0 radical (unpaired) electrons. The van der Waals surface area contributed by atoms with Crippen LogP contribution in [0.4, 0.5) is 4.39 Å². The molecule has 5 aromatic carbocycles. The van der Waals surface area contributed by atoms with Crippen molar-refractivity contribution in [2.24, 2.45) is 0 Å². The number of aromatic nitrogens is 2. The fraction of sp³-hybridized carbons (Fsp3) is 0.128. The first-order valence-electron chi connectivity index (χ1n) is 15.6. The van der Waals surface area contributed by atoms with Gasteiger partial charge in [-0.05, 0) is 83.8 Å². The number of H-pyrrole nitrogens is 1. The highest BCUT2D eigenvalue weighted by Crippen LogP contribution is 2.45. The molecule has 248 valence electrons. The highest BCUT2D eigenvalue weighted by molar-refractivity contribution is 7.62. The largest absolute Gasteiger partial charge is 0.488 e. The number of imidazole rings is 1. The molecule has 0 spiro atoms. The van der Waals surface area contributed by atoms with Gasteiger partial charge in [0, 0.05) is 37.5 Å². The third-order valence-corrected chi connectivity index (χ3v) is 10.1. The Morgan fingerprint density at radius 3 is 2.08 bits per heavy atom. The number of para-hydroxylation sites is 1. The number of nitrogens with zero attached hydrogens (tertiary/aromatic N) is 1. The van der Waals surface area contributed by atoms with Gasteiger partial charge >= 0.3 is 13.3 Å². The quantitative estimate of drug-likeness (QED) is 0.0980. The van der Waals surface area contributed by atoms with Crippen molar-refractivity contribution in [2.75, 3.05) is 14.2 Å². The number of carbonyl (C=O) groups is 1. The second-order valence-corrected chi connectivity index (χ2v) is 13.5. The van der Waals surface area contributed by atoms with Crippen LogP contribution in [0.5, 0.6) is 5.75 Å².